The normalized spacial score (nSPS) is 10.7. The summed E-state index contributed by atoms with van der Waals surface area (Å²) in [4.78, 5) is 12.9. The average molecular weight is 347 g/mol. The highest BCUT2D eigenvalue weighted by atomic mass is 19.2. The van der Waals surface area contributed by atoms with E-state index in [1.807, 2.05) is 31.2 Å². The lowest BCUT2D eigenvalue weighted by Crippen LogP contribution is -2.21. The minimum absolute atomic E-state index is 0.338. The number of nitrogens with zero attached hydrogens (tertiary/aromatic N) is 4. The van der Waals surface area contributed by atoms with Crippen LogP contribution in [-0.2, 0) is 11.3 Å². The van der Waals surface area contributed by atoms with Crippen LogP contribution in [0.4, 0.5) is 18.9 Å². The van der Waals surface area contributed by atoms with E-state index in [0.29, 0.717) is 5.82 Å². The van der Waals surface area contributed by atoms with Gasteiger partial charge in [0.15, 0.2) is 17.5 Å². The maximum absolute atomic E-state index is 13.6. The van der Waals surface area contributed by atoms with Crippen LogP contribution < -0.4 is 5.32 Å². The third-order valence-corrected chi connectivity index (χ3v) is 3.43. The van der Waals surface area contributed by atoms with Gasteiger partial charge in [-0.3, -0.25) is 4.79 Å². The third kappa shape index (κ3) is 3.49. The second kappa shape index (κ2) is 6.71. The monoisotopic (exact) mass is 347 g/mol. The van der Waals surface area contributed by atoms with Crippen LogP contribution in [0.3, 0.4) is 0 Å². The van der Waals surface area contributed by atoms with Crippen LogP contribution in [-0.4, -0.2) is 26.1 Å². The second-order valence-electron chi connectivity index (χ2n) is 5.23. The molecule has 25 heavy (non-hydrogen) atoms. The number of hydrogen-bond acceptors (Lipinski definition) is 4. The molecule has 1 amide bonds. The minimum Gasteiger partial charge on any atom is -0.322 e. The van der Waals surface area contributed by atoms with Gasteiger partial charge in [-0.05, 0) is 29.8 Å². The summed E-state index contributed by atoms with van der Waals surface area (Å²) >= 11 is 0. The van der Waals surface area contributed by atoms with Crippen LogP contribution in [0.25, 0.3) is 11.4 Å². The number of amides is 1. The van der Waals surface area contributed by atoms with E-state index in [1.54, 1.807) is 0 Å². The molecule has 128 valence electrons. The lowest BCUT2D eigenvalue weighted by atomic mass is 10.1. The molecular weight excluding hydrogens is 335 g/mol. The zero-order valence-electron chi connectivity index (χ0n) is 13.0. The number of halogens is 3. The second-order valence-corrected chi connectivity index (χ2v) is 5.23. The Morgan fingerprint density at radius 2 is 1.88 bits per heavy atom. The van der Waals surface area contributed by atoms with Crippen molar-refractivity contribution in [2.75, 3.05) is 5.32 Å². The molecule has 0 atom stereocenters. The molecule has 0 unspecified atom stereocenters. The molecule has 0 spiro atoms. The first kappa shape index (κ1) is 16.6. The standard InChI is InChI=1S/C16H12F3N5O/c1-9-4-2-3-5-10(9)16-21-23-24(22-16)8-13(25)20-12-7-6-11(17)14(18)15(12)19/h2-7H,8H2,1H3,(H,20,25). The maximum Gasteiger partial charge on any atom is 0.248 e. The van der Waals surface area contributed by atoms with Crippen molar-refractivity contribution in [3.8, 4) is 11.4 Å². The minimum atomic E-state index is -1.65. The smallest absolute Gasteiger partial charge is 0.248 e. The Kier molecular flexibility index (Phi) is 4.46. The Balaban J connectivity index is 1.72. The number of hydrogen-bond donors (Lipinski definition) is 1. The van der Waals surface area contributed by atoms with E-state index in [-0.39, 0.29) is 6.54 Å². The van der Waals surface area contributed by atoms with E-state index in [0.717, 1.165) is 28.1 Å². The first-order valence-corrected chi connectivity index (χ1v) is 7.23. The van der Waals surface area contributed by atoms with Crippen LogP contribution >= 0.6 is 0 Å². The molecule has 9 heteroatoms. The van der Waals surface area contributed by atoms with E-state index in [9.17, 15) is 18.0 Å². The number of benzene rings is 2. The molecule has 0 bridgehead atoms. The molecule has 6 nitrogen and oxygen atoms in total. The van der Waals surface area contributed by atoms with Gasteiger partial charge in [-0.15, -0.1) is 10.2 Å². The number of tetrazole rings is 1. The highest BCUT2D eigenvalue weighted by molar-refractivity contribution is 5.90. The Morgan fingerprint density at radius 1 is 1.12 bits per heavy atom. The Morgan fingerprint density at radius 3 is 2.64 bits per heavy atom. The molecule has 1 aromatic heterocycles. The Bertz CT molecular complexity index is 941. The van der Waals surface area contributed by atoms with Gasteiger partial charge in [0.05, 0.1) is 5.69 Å². The van der Waals surface area contributed by atoms with Crippen molar-refractivity contribution in [3.05, 3.63) is 59.4 Å². The Labute approximate surface area is 140 Å². The quantitative estimate of drug-likeness (QED) is 0.737. The molecule has 0 saturated heterocycles. The summed E-state index contributed by atoms with van der Waals surface area (Å²) in [5.74, 6) is -4.83. The molecule has 0 aliphatic carbocycles. The molecule has 0 fully saturated rings. The molecule has 0 aliphatic heterocycles. The van der Waals surface area contributed by atoms with Gasteiger partial charge in [-0.25, -0.2) is 13.2 Å². The van der Waals surface area contributed by atoms with Gasteiger partial charge in [-0.2, -0.15) is 4.80 Å². The number of aryl methyl sites for hydroxylation is 1. The fourth-order valence-corrected chi connectivity index (χ4v) is 2.18. The van der Waals surface area contributed by atoms with E-state index < -0.39 is 29.0 Å². The van der Waals surface area contributed by atoms with E-state index in [1.165, 1.54) is 0 Å². The molecular formula is C16H12F3N5O. The zero-order valence-corrected chi connectivity index (χ0v) is 13.0. The topological polar surface area (TPSA) is 72.7 Å². The first-order valence-electron chi connectivity index (χ1n) is 7.23. The zero-order chi connectivity index (χ0) is 18.0. The largest absolute Gasteiger partial charge is 0.322 e. The van der Waals surface area contributed by atoms with Crippen molar-refractivity contribution in [2.24, 2.45) is 0 Å². The summed E-state index contributed by atoms with van der Waals surface area (Å²) in [6.07, 6.45) is 0. The van der Waals surface area contributed by atoms with Crippen LogP contribution in [0.2, 0.25) is 0 Å². The highest BCUT2D eigenvalue weighted by Crippen LogP contribution is 2.20. The lowest BCUT2D eigenvalue weighted by Gasteiger charge is -2.06. The molecule has 2 aromatic carbocycles. The Hall–Kier alpha value is -3.23. The van der Waals surface area contributed by atoms with E-state index >= 15 is 0 Å². The summed E-state index contributed by atoms with van der Waals surface area (Å²) in [6, 6.07) is 9.04. The van der Waals surface area contributed by atoms with Gasteiger partial charge in [0.25, 0.3) is 0 Å². The molecule has 0 aliphatic rings. The fourth-order valence-electron chi connectivity index (χ4n) is 2.18. The van der Waals surface area contributed by atoms with Gasteiger partial charge < -0.3 is 5.32 Å². The van der Waals surface area contributed by atoms with Crippen LogP contribution in [0.15, 0.2) is 36.4 Å². The predicted molar refractivity (Wildman–Crippen MR) is 82.9 cm³/mol. The SMILES string of the molecule is Cc1ccccc1-c1nnn(CC(=O)Nc2ccc(F)c(F)c2F)n1. The molecule has 3 rings (SSSR count). The highest BCUT2D eigenvalue weighted by Gasteiger charge is 2.16. The van der Waals surface area contributed by atoms with Gasteiger partial charge in [0.2, 0.25) is 11.7 Å². The van der Waals surface area contributed by atoms with E-state index in [4.69, 9.17) is 0 Å². The summed E-state index contributed by atoms with van der Waals surface area (Å²) < 4.78 is 39.6. The van der Waals surface area contributed by atoms with Gasteiger partial charge in [-0.1, -0.05) is 24.3 Å². The van der Waals surface area contributed by atoms with Gasteiger partial charge in [0.1, 0.15) is 6.54 Å². The van der Waals surface area contributed by atoms with Crippen molar-refractivity contribution < 1.29 is 18.0 Å². The summed E-state index contributed by atoms with van der Waals surface area (Å²) in [6.45, 7) is 1.52. The van der Waals surface area contributed by atoms with Crippen LogP contribution in [0, 0.1) is 24.4 Å². The van der Waals surface area contributed by atoms with Crippen molar-refractivity contribution in [2.45, 2.75) is 13.5 Å². The summed E-state index contributed by atoms with van der Waals surface area (Å²) in [5.41, 5.74) is 1.24. The van der Waals surface area contributed by atoms with Crippen molar-refractivity contribution in [3.63, 3.8) is 0 Å². The van der Waals surface area contributed by atoms with Gasteiger partial charge in [0, 0.05) is 5.56 Å². The third-order valence-electron chi connectivity index (χ3n) is 3.43. The number of anilines is 1. The number of aromatic nitrogens is 4. The number of nitrogens with one attached hydrogen (secondary N) is 1. The maximum atomic E-state index is 13.6. The summed E-state index contributed by atoms with van der Waals surface area (Å²) in [7, 11) is 0. The van der Waals surface area contributed by atoms with E-state index in [2.05, 4.69) is 20.7 Å². The lowest BCUT2D eigenvalue weighted by molar-refractivity contribution is -0.117. The fraction of sp³-hybridized carbons (Fsp3) is 0.125. The molecule has 3 aromatic rings. The number of carbonyl (C=O) groups is 1. The molecule has 0 radical (unpaired) electrons. The van der Waals surface area contributed by atoms with Crippen molar-refractivity contribution >= 4 is 11.6 Å². The van der Waals surface area contributed by atoms with Crippen molar-refractivity contribution in [1.82, 2.24) is 20.2 Å². The average Bonchev–Trinajstić information content (AvgIpc) is 3.04. The number of rotatable bonds is 4. The molecule has 0 saturated carbocycles. The van der Waals surface area contributed by atoms with Crippen LogP contribution in [0.5, 0.6) is 0 Å². The number of carbonyl (C=O) groups excluding carboxylic acids is 1. The van der Waals surface area contributed by atoms with Crippen molar-refractivity contribution in [1.29, 1.82) is 0 Å². The first-order chi connectivity index (χ1) is 12.0. The van der Waals surface area contributed by atoms with Gasteiger partial charge >= 0.3 is 0 Å². The predicted octanol–water partition coefficient (Wildman–Crippen LogP) is 2.70. The summed E-state index contributed by atoms with van der Waals surface area (Å²) in [5, 5.41) is 13.8. The molecule has 1 N–H and O–H groups in total. The van der Waals surface area contributed by atoms with Crippen LogP contribution in [0.1, 0.15) is 5.56 Å². The molecule has 1 heterocycles.